The topological polar surface area (TPSA) is 75.3 Å². The molecule has 0 aromatic heterocycles. The van der Waals surface area contributed by atoms with Crippen LogP contribution in [0.4, 0.5) is 11.4 Å². The SMILES string of the molecule is Cc1ccc(SCc2ccc(C(=O)Nc3ccc(S(=O)(=O)Nc4cccc(C)c4)cc3)cc2)cc1. The summed E-state index contributed by atoms with van der Waals surface area (Å²) in [6.45, 7) is 3.96. The van der Waals surface area contributed by atoms with Gasteiger partial charge in [0.05, 0.1) is 4.90 Å². The number of hydrogen-bond acceptors (Lipinski definition) is 4. The fraction of sp³-hybridized carbons (Fsp3) is 0.107. The minimum atomic E-state index is -3.72. The Morgan fingerprint density at radius 1 is 0.771 bits per heavy atom. The summed E-state index contributed by atoms with van der Waals surface area (Å²) in [5.41, 5.74) is 4.88. The van der Waals surface area contributed by atoms with Crippen molar-refractivity contribution in [2.45, 2.75) is 29.4 Å². The molecule has 0 aliphatic heterocycles. The van der Waals surface area contributed by atoms with E-state index in [2.05, 4.69) is 41.2 Å². The van der Waals surface area contributed by atoms with E-state index in [4.69, 9.17) is 0 Å². The van der Waals surface area contributed by atoms with E-state index in [0.29, 0.717) is 16.9 Å². The summed E-state index contributed by atoms with van der Waals surface area (Å²) in [7, 11) is -3.72. The van der Waals surface area contributed by atoms with Gasteiger partial charge in [-0.15, -0.1) is 11.8 Å². The third kappa shape index (κ3) is 6.74. The molecule has 35 heavy (non-hydrogen) atoms. The van der Waals surface area contributed by atoms with Gasteiger partial charge in [0.2, 0.25) is 0 Å². The Morgan fingerprint density at radius 3 is 2.11 bits per heavy atom. The van der Waals surface area contributed by atoms with Crippen LogP contribution >= 0.6 is 11.8 Å². The average Bonchev–Trinajstić information content (AvgIpc) is 2.84. The molecule has 4 rings (SSSR count). The molecule has 4 aromatic rings. The summed E-state index contributed by atoms with van der Waals surface area (Å²) < 4.78 is 27.9. The summed E-state index contributed by atoms with van der Waals surface area (Å²) >= 11 is 1.75. The summed E-state index contributed by atoms with van der Waals surface area (Å²) in [5.74, 6) is 0.563. The smallest absolute Gasteiger partial charge is 0.261 e. The second-order valence-electron chi connectivity index (χ2n) is 8.25. The molecule has 0 saturated heterocycles. The Bertz CT molecular complexity index is 1410. The second-order valence-corrected chi connectivity index (χ2v) is 11.0. The Labute approximate surface area is 210 Å². The van der Waals surface area contributed by atoms with Crippen molar-refractivity contribution in [3.05, 3.63) is 119 Å². The molecule has 1 amide bonds. The fourth-order valence-electron chi connectivity index (χ4n) is 3.40. The van der Waals surface area contributed by atoms with Crippen molar-refractivity contribution in [1.82, 2.24) is 0 Å². The number of thioether (sulfide) groups is 1. The van der Waals surface area contributed by atoms with E-state index in [1.807, 2.05) is 25.1 Å². The van der Waals surface area contributed by atoms with Crippen LogP contribution in [0.25, 0.3) is 0 Å². The van der Waals surface area contributed by atoms with Crippen molar-refractivity contribution in [2.24, 2.45) is 0 Å². The molecule has 5 nitrogen and oxygen atoms in total. The Morgan fingerprint density at radius 2 is 1.46 bits per heavy atom. The van der Waals surface area contributed by atoms with E-state index in [1.54, 1.807) is 54.2 Å². The standard InChI is InChI=1S/C28H26N2O3S2/c1-20-6-14-26(15-7-20)34-19-22-8-10-23(11-9-22)28(31)29-24-12-16-27(17-13-24)35(32,33)30-25-5-3-4-21(2)18-25/h3-18,30H,19H2,1-2H3,(H,29,31). The second kappa shape index (κ2) is 10.8. The minimum Gasteiger partial charge on any atom is -0.322 e. The normalized spacial score (nSPS) is 11.1. The molecule has 0 fully saturated rings. The number of aryl methyl sites for hydroxylation is 2. The number of benzene rings is 4. The number of amides is 1. The zero-order valence-corrected chi connectivity index (χ0v) is 21.1. The molecule has 0 unspecified atom stereocenters. The third-order valence-electron chi connectivity index (χ3n) is 5.34. The lowest BCUT2D eigenvalue weighted by atomic mass is 10.1. The van der Waals surface area contributed by atoms with Crippen LogP contribution in [0.1, 0.15) is 27.0 Å². The predicted molar refractivity (Wildman–Crippen MR) is 144 cm³/mol. The number of sulfonamides is 1. The third-order valence-corrected chi connectivity index (χ3v) is 7.82. The van der Waals surface area contributed by atoms with E-state index in [0.717, 1.165) is 16.9 Å². The first-order chi connectivity index (χ1) is 16.8. The van der Waals surface area contributed by atoms with E-state index in [1.165, 1.54) is 22.6 Å². The highest BCUT2D eigenvalue weighted by Crippen LogP contribution is 2.24. The molecule has 0 radical (unpaired) electrons. The van der Waals surface area contributed by atoms with Gasteiger partial charge in [-0.05, 0) is 85.6 Å². The molecular weight excluding hydrogens is 476 g/mol. The molecule has 0 saturated carbocycles. The Hall–Kier alpha value is -3.55. The molecular formula is C28H26N2O3S2. The number of anilines is 2. The van der Waals surface area contributed by atoms with Gasteiger partial charge >= 0.3 is 0 Å². The van der Waals surface area contributed by atoms with Crippen LogP contribution in [-0.4, -0.2) is 14.3 Å². The van der Waals surface area contributed by atoms with E-state index in [-0.39, 0.29) is 10.8 Å². The van der Waals surface area contributed by atoms with Crippen LogP contribution in [0.3, 0.4) is 0 Å². The zero-order chi connectivity index (χ0) is 24.8. The maximum absolute atomic E-state index is 12.7. The van der Waals surface area contributed by atoms with Gasteiger partial charge in [-0.2, -0.15) is 0 Å². The number of carbonyl (C=O) groups excluding carboxylic acids is 1. The van der Waals surface area contributed by atoms with Gasteiger partial charge < -0.3 is 5.32 Å². The molecule has 0 spiro atoms. The fourth-order valence-corrected chi connectivity index (χ4v) is 5.30. The van der Waals surface area contributed by atoms with Crippen LogP contribution in [0, 0.1) is 13.8 Å². The largest absolute Gasteiger partial charge is 0.322 e. The van der Waals surface area contributed by atoms with Gasteiger partial charge in [0, 0.05) is 27.6 Å². The summed E-state index contributed by atoms with van der Waals surface area (Å²) in [6, 6.07) is 29.1. The molecule has 2 N–H and O–H groups in total. The first-order valence-corrected chi connectivity index (χ1v) is 13.5. The highest BCUT2D eigenvalue weighted by molar-refractivity contribution is 7.98. The van der Waals surface area contributed by atoms with Crippen LogP contribution < -0.4 is 10.0 Å². The van der Waals surface area contributed by atoms with Gasteiger partial charge in [-0.3, -0.25) is 9.52 Å². The summed E-state index contributed by atoms with van der Waals surface area (Å²) in [5, 5.41) is 2.82. The van der Waals surface area contributed by atoms with Gasteiger partial charge in [0.1, 0.15) is 0 Å². The number of carbonyl (C=O) groups is 1. The molecule has 0 atom stereocenters. The Balaban J connectivity index is 1.35. The lowest BCUT2D eigenvalue weighted by Crippen LogP contribution is -2.14. The van der Waals surface area contributed by atoms with Crippen molar-refractivity contribution in [1.29, 1.82) is 0 Å². The van der Waals surface area contributed by atoms with Gasteiger partial charge in [0.15, 0.2) is 0 Å². The average molecular weight is 503 g/mol. The van der Waals surface area contributed by atoms with Crippen LogP contribution in [0.2, 0.25) is 0 Å². The Kier molecular flexibility index (Phi) is 7.58. The number of nitrogens with one attached hydrogen (secondary N) is 2. The molecule has 4 aromatic carbocycles. The van der Waals surface area contributed by atoms with Crippen molar-refractivity contribution in [2.75, 3.05) is 10.0 Å². The molecule has 7 heteroatoms. The predicted octanol–water partition coefficient (Wildman–Crippen LogP) is 6.65. The van der Waals surface area contributed by atoms with Gasteiger partial charge in [-0.1, -0.05) is 42.0 Å². The summed E-state index contributed by atoms with van der Waals surface area (Å²) in [4.78, 5) is 14.0. The highest BCUT2D eigenvalue weighted by atomic mass is 32.2. The van der Waals surface area contributed by atoms with Crippen LogP contribution in [0.5, 0.6) is 0 Å². The van der Waals surface area contributed by atoms with Gasteiger partial charge in [0.25, 0.3) is 15.9 Å². The van der Waals surface area contributed by atoms with Crippen LogP contribution in [-0.2, 0) is 15.8 Å². The lowest BCUT2D eigenvalue weighted by molar-refractivity contribution is 0.102. The quantitative estimate of drug-likeness (QED) is 0.265. The van der Waals surface area contributed by atoms with E-state index >= 15 is 0 Å². The zero-order valence-electron chi connectivity index (χ0n) is 19.5. The number of rotatable bonds is 8. The summed E-state index contributed by atoms with van der Waals surface area (Å²) in [6.07, 6.45) is 0. The van der Waals surface area contributed by atoms with Crippen LogP contribution in [0.15, 0.2) is 107 Å². The maximum Gasteiger partial charge on any atom is 0.261 e. The lowest BCUT2D eigenvalue weighted by Gasteiger charge is -2.10. The van der Waals surface area contributed by atoms with Gasteiger partial charge in [-0.25, -0.2) is 8.42 Å². The number of hydrogen-bond donors (Lipinski definition) is 2. The van der Waals surface area contributed by atoms with Crippen molar-refractivity contribution < 1.29 is 13.2 Å². The molecule has 0 bridgehead atoms. The molecule has 178 valence electrons. The van der Waals surface area contributed by atoms with Crippen molar-refractivity contribution in [3.8, 4) is 0 Å². The molecule has 0 heterocycles. The monoisotopic (exact) mass is 502 g/mol. The first kappa shape index (κ1) is 24.6. The van der Waals surface area contributed by atoms with E-state index in [9.17, 15) is 13.2 Å². The molecule has 0 aliphatic carbocycles. The first-order valence-electron chi connectivity index (χ1n) is 11.1. The molecule has 0 aliphatic rings. The highest BCUT2D eigenvalue weighted by Gasteiger charge is 2.15. The van der Waals surface area contributed by atoms with E-state index < -0.39 is 10.0 Å². The van der Waals surface area contributed by atoms with Crippen molar-refractivity contribution in [3.63, 3.8) is 0 Å². The maximum atomic E-state index is 12.7. The minimum absolute atomic E-state index is 0.118. The van der Waals surface area contributed by atoms with Crippen molar-refractivity contribution >= 4 is 39.1 Å².